The zero-order valence-electron chi connectivity index (χ0n) is 8.32. The quantitative estimate of drug-likeness (QED) is 0.438. The minimum absolute atomic E-state index is 0.624. The Hall–Kier alpha value is -1.78. The van der Waals surface area contributed by atoms with Crippen LogP contribution < -0.4 is 15.9 Å². The van der Waals surface area contributed by atoms with Crippen LogP contribution >= 0.6 is 0 Å². The molecule has 0 aliphatic heterocycles. The van der Waals surface area contributed by atoms with Crippen molar-refractivity contribution in [3.8, 4) is 5.75 Å². The van der Waals surface area contributed by atoms with Gasteiger partial charge in [-0.2, -0.15) is 0 Å². The van der Waals surface area contributed by atoms with Crippen molar-refractivity contribution < 1.29 is 4.74 Å². The molecule has 0 spiro atoms. The van der Waals surface area contributed by atoms with Gasteiger partial charge >= 0.3 is 0 Å². The highest BCUT2D eigenvalue weighted by Gasteiger charge is 2.06. The number of rotatable bonds is 4. The van der Waals surface area contributed by atoms with Gasteiger partial charge in [-0.05, 0) is 19.1 Å². The largest absolute Gasteiger partial charge is 0.494 e. The van der Waals surface area contributed by atoms with Gasteiger partial charge in [0.2, 0.25) is 0 Å². The molecule has 0 unspecified atom stereocenters. The van der Waals surface area contributed by atoms with E-state index in [1.807, 2.05) is 25.1 Å². The van der Waals surface area contributed by atoms with Crippen LogP contribution in [-0.4, -0.2) is 13.7 Å². The van der Waals surface area contributed by atoms with E-state index in [9.17, 15) is 0 Å². The van der Waals surface area contributed by atoms with Gasteiger partial charge in [0.1, 0.15) is 5.75 Å². The summed E-state index contributed by atoms with van der Waals surface area (Å²) in [4.78, 5) is 0. The van der Waals surface area contributed by atoms with Crippen molar-refractivity contribution in [3.05, 3.63) is 18.2 Å². The van der Waals surface area contributed by atoms with Crippen molar-refractivity contribution in [2.75, 3.05) is 19.0 Å². The minimum atomic E-state index is 0.624. The van der Waals surface area contributed by atoms with E-state index in [1.165, 1.54) is 0 Å². The molecule has 0 heterocycles. The third-order valence-corrected chi connectivity index (χ3v) is 1.74. The Labute approximate surface area is 82.9 Å². The summed E-state index contributed by atoms with van der Waals surface area (Å²) in [5, 5.41) is 10.2. The Kier molecular flexibility index (Phi) is 3.72. The molecule has 5 heteroatoms. The van der Waals surface area contributed by atoms with Crippen molar-refractivity contribution in [3.63, 3.8) is 0 Å². The fourth-order valence-electron chi connectivity index (χ4n) is 1.18. The van der Waals surface area contributed by atoms with Gasteiger partial charge in [0.15, 0.2) is 5.69 Å². The molecule has 0 atom stereocenters. The second-order valence-corrected chi connectivity index (χ2v) is 2.60. The van der Waals surface area contributed by atoms with E-state index in [2.05, 4.69) is 15.7 Å². The van der Waals surface area contributed by atoms with Crippen LogP contribution in [0, 0.1) is 0 Å². The molecule has 1 aromatic rings. The zero-order valence-corrected chi connectivity index (χ0v) is 8.32. The first-order valence-corrected chi connectivity index (χ1v) is 4.35. The monoisotopic (exact) mass is 194 g/mol. The number of nitrogens with two attached hydrogens (primary N) is 1. The summed E-state index contributed by atoms with van der Waals surface area (Å²) < 4.78 is 5.14. The molecule has 1 aromatic carbocycles. The fraction of sp³-hybridized carbons (Fsp3) is 0.333. The predicted molar refractivity (Wildman–Crippen MR) is 55.9 cm³/mol. The number of ether oxygens (including phenoxy) is 1. The third kappa shape index (κ3) is 2.12. The summed E-state index contributed by atoms with van der Waals surface area (Å²) in [5.74, 6) is 5.67. The van der Waals surface area contributed by atoms with Gasteiger partial charge in [-0.3, -0.25) is 0 Å². The molecule has 14 heavy (non-hydrogen) atoms. The van der Waals surface area contributed by atoms with Crippen LogP contribution in [0.2, 0.25) is 0 Å². The lowest BCUT2D eigenvalue weighted by atomic mass is 10.2. The SMILES string of the molecule is CCNc1cccc(OC)c1N=NN. The maximum Gasteiger partial charge on any atom is 0.152 e. The second-order valence-electron chi connectivity index (χ2n) is 2.60. The van der Waals surface area contributed by atoms with Gasteiger partial charge in [-0.25, -0.2) is 0 Å². The van der Waals surface area contributed by atoms with Gasteiger partial charge < -0.3 is 15.9 Å². The van der Waals surface area contributed by atoms with E-state index in [1.54, 1.807) is 7.11 Å². The molecule has 5 nitrogen and oxygen atoms in total. The second kappa shape index (κ2) is 5.06. The van der Waals surface area contributed by atoms with Crippen LogP contribution in [0.15, 0.2) is 28.5 Å². The van der Waals surface area contributed by atoms with Crippen LogP contribution in [-0.2, 0) is 0 Å². The van der Waals surface area contributed by atoms with Crippen LogP contribution in [0.3, 0.4) is 0 Å². The average molecular weight is 194 g/mol. The van der Waals surface area contributed by atoms with Crippen molar-refractivity contribution >= 4 is 11.4 Å². The summed E-state index contributed by atoms with van der Waals surface area (Å²) in [6, 6.07) is 5.59. The van der Waals surface area contributed by atoms with Crippen LogP contribution in [0.1, 0.15) is 6.92 Å². The summed E-state index contributed by atoms with van der Waals surface area (Å²) in [5.41, 5.74) is 1.49. The Balaban J connectivity index is 3.13. The maximum absolute atomic E-state index is 5.14. The van der Waals surface area contributed by atoms with E-state index < -0.39 is 0 Å². The summed E-state index contributed by atoms with van der Waals surface area (Å²) in [6.07, 6.45) is 0. The number of nitrogens with zero attached hydrogens (tertiary/aromatic N) is 2. The molecular weight excluding hydrogens is 180 g/mol. The standard InChI is InChI=1S/C9H14N4O/c1-3-11-7-5-4-6-8(14-2)9(7)12-13-10/h4-6,11H,3H2,1-2H3,(H2,10,12). The van der Waals surface area contributed by atoms with Crippen molar-refractivity contribution in [1.29, 1.82) is 0 Å². The number of anilines is 1. The van der Waals surface area contributed by atoms with Crippen LogP contribution in [0.5, 0.6) is 5.75 Å². The lowest BCUT2D eigenvalue weighted by Gasteiger charge is -2.09. The highest BCUT2D eigenvalue weighted by atomic mass is 16.5. The van der Waals surface area contributed by atoms with Gasteiger partial charge in [-0.1, -0.05) is 11.3 Å². The van der Waals surface area contributed by atoms with Gasteiger partial charge in [0.05, 0.1) is 12.8 Å². The summed E-state index contributed by atoms with van der Waals surface area (Å²) in [7, 11) is 1.58. The van der Waals surface area contributed by atoms with Crippen molar-refractivity contribution in [1.82, 2.24) is 0 Å². The molecule has 76 valence electrons. The smallest absolute Gasteiger partial charge is 0.152 e. The van der Waals surface area contributed by atoms with Crippen molar-refractivity contribution in [2.45, 2.75) is 6.92 Å². The first-order valence-electron chi connectivity index (χ1n) is 4.35. The molecule has 0 saturated heterocycles. The molecule has 0 bridgehead atoms. The topological polar surface area (TPSA) is 72.0 Å². The molecule has 0 fully saturated rings. The molecule has 0 saturated carbocycles. The highest BCUT2D eigenvalue weighted by molar-refractivity contribution is 5.71. The Bertz CT molecular complexity index is 325. The molecule has 1 rings (SSSR count). The Morgan fingerprint density at radius 2 is 2.29 bits per heavy atom. The molecule has 0 amide bonds. The van der Waals surface area contributed by atoms with Crippen molar-refractivity contribution in [2.24, 2.45) is 16.2 Å². The van der Waals surface area contributed by atoms with E-state index in [4.69, 9.17) is 10.6 Å². The maximum atomic E-state index is 5.14. The Morgan fingerprint density at radius 1 is 1.50 bits per heavy atom. The molecule has 0 aliphatic carbocycles. The molecule has 0 radical (unpaired) electrons. The van der Waals surface area contributed by atoms with E-state index in [-0.39, 0.29) is 0 Å². The average Bonchev–Trinajstić information content (AvgIpc) is 2.21. The molecule has 0 aliphatic rings. The summed E-state index contributed by atoms with van der Waals surface area (Å²) in [6.45, 7) is 2.81. The van der Waals surface area contributed by atoms with Crippen LogP contribution in [0.25, 0.3) is 0 Å². The first kappa shape index (κ1) is 10.3. The number of nitrogens with one attached hydrogen (secondary N) is 1. The van der Waals surface area contributed by atoms with E-state index in [0.717, 1.165) is 12.2 Å². The van der Waals surface area contributed by atoms with E-state index >= 15 is 0 Å². The zero-order chi connectivity index (χ0) is 10.4. The molecule has 3 N–H and O–H groups in total. The van der Waals surface area contributed by atoms with E-state index in [0.29, 0.717) is 11.4 Å². The lowest BCUT2D eigenvalue weighted by molar-refractivity contribution is 0.416. The third-order valence-electron chi connectivity index (χ3n) is 1.74. The highest BCUT2D eigenvalue weighted by Crippen LogP contribution is 2.35. The fourth-order valence-corrected chi connectivity index (χ4v) is 1.18. The number of methoxy groups -OCH3 is 1. The lowest BCUT2D eigenvalue weighted by Crippen LogP contribution is -1.97. The molecular formula is C9H14N4O. The Morgan fingerprint density at radius 3 is 2.86 bits per heavy atom. The summed E-state index contributed by atoms with van der Waals surface area (Å²) >= 11 is 0. The minimum Gasteiger partial charge on any atom is -0.494 e. The number of hydrogen-bond acceptors (Lipinski definition) is 4. The predicted octanol–water partition coefficient (Wildman–Crippen LogP) is 2.08. The van der Waals surface area contributed by atoms with Gasteiger partial charge in [0.25, 0.3) is 0 Å². The van der Waals surface area contributed by atoms with Gasteiger partial charge in [-0.15, -0.1) is 5.11 Å². The normalized spacial score (nSPS) is 10.4. The first-order chi connectivity index (χ1) is 6.83. The van der Waals surface area contributed by atoms with Gasteiger partial charge in [0, 0.05) is 6.54 Å². The van der Waals surface area contributed by atoms with Crippen LogP contribution in [0.4, 0.5) is 11.4 Å². The molecule has 0 aromatic heterocycles. The number of benzene rings is 1. The number of hydrogen-bond donors (Lipinski definition) is 2.